The van der Waals surface area contributed by atoms with Gasteiger partial charge in [-0.2, -0.15) is 5.26 Å². The molecule has 0 spiro atoms. The summed E-state index contributed by atoms with van der Waals surface area (Å²) >= 11 is 4.70. The predicted octanol–water partition coefficient (Wildman–Crippen LogP) is 4.56. The Morgan fingerprint density at radius 2 is 1.93 bits per heavy atom. The van der Waals surface area contributed by atoms with Crippen LogP contribution in [0.3, 0.4) is 0 Å². The Morgan fingerprint density at radius 1 is 1.14 bits per heavy atom. The zero-order chi connectivity index (χ0) is 29.8. The minimum absolute atomic E-state index is 0.142. The van der Waals surface area contributed by atoms with Gasteiger partial charge in [-0.3, -0.25) is 14.2 Å². The lowest BCUT2D eigenvalue weighted by Gasteiger charge is -2.25. The number of hydrogen-bond donors (Lipinski definition) is 1. The molecule has 0 bridgehead atoms. The van der Waals surface area contributed by atoms with Crippen molar-refractivity contribution in [3.8, 4) is 23.3 Å². The van der Waals surface area contributed by atoms with Crippen molar-refractivity contribution in [3.63, 3.8) is 0 Å². The first kappa shape index (κ1) is 28.9. The number of methoxy groups -OCH3 is 2. The van der Waals surface area contributed by atoms with Gasteiger partial charge in [-0.1, -0.05) is 41.7 Å². The van der Waals surface area contributed by atoms with E-state index in [-0.39, 0.29) is 18.1 Å². The monoisotopic (exact) mass is 644 g/mol. The van der Waals surface area contributed by atoms with Gasteiger partial charge in [0.15, 0.2) is 22.9 Å². The summed E-state index contributed by atoms with van der Waals surface area (Å²) in [5.74, 6) is 1.04. The Morgan fingerprint density at radius 3 is 2.64 bits per heavy atom. The van der Waals surface area contributed by atoms with Crippen LogP contribution in [0.1, 0.15) is 24.1 Å². The molecular weight excluding hydrogens is 620 g/mol. The molecule has 1 atom stereocenters. The van der Waals surface area contributed by atoms with Crippen molar-refractivity contribution in [2.24, 2.45) is 4.99 Å². The van der Waals surface area contributed by atoms with Crippen LogP contribution in [-0.4, -0.2) is 31.3 Å². The SMILES string of the molecule is COc1cccc([C@@H]2C(C(=O)Nc3ccccc3)=C(C)N=c3s/c(=C\c4cc(Br)c(OCC#N)c(OC)c4)c(=O)n32)c1. The first-order valence-corrected chi connectivity index (χ1v) is 14.4. The van der Waals surface area contributed by atoms with Crippen LogP contribution in [-0.2, 0) is 4.79 Å². The molecule has 5 rings (SSSR count). The van der Waals surface area contributed by atoms with E-state index in [1.807, 2.05) is 48.5 Å². The maximum absolute atomic E-state index is 14.0. The summed E-state index contributed by atoms with van der Waals surface area (Å²) in [5, 5.41) is 11.9. The topological polar surface area (TPSA) is 115 Å². The first-order chi connectivity index (χ1) is 20.3. The summed E-state index contributed by atoms with van der Waals surface area (Å²) in [6, 6.07) is 21.1. The lowest BCUT2D eigenvalue weighted by Crippen LogP contribution is -2.40. The van der Waals surface area contributed by atoms with E-state index in [0.717, 1.165) is 0 Å². The van der Waals surface area contributed by atoms with Gasteiger partial charge in [0.1, 0.15) is 11.8 Å². The van der Waals surface area contributed by atoms with E-state index in [0.29, 0.717) is 59.1 Å². The number of nitrogens with zero attached hydrogens (tertiary/aromatic N) is 3. The normalized spacial score (nSPS) is 14.5. The number of thiazole rings is 1. The molecule has 0 saturated carbocycles. The van der Waals surface area contributed by atoms with E-state index >= 15 is 0 Å². The predicted molar refractivity (Wildman–Crippen MR) is 164 cm³/mol. The van der Waals surface area contributed by atoms with Crippen molar-refractivity contribution in [2.45, 2.75) is 13.0 Å². The van der Waals surface area contributed by atoms with Gasteiger partial charge < -0.3 is 19.5 Å². The lowest BCUT2D eigenvalue weighted by atomic mass is 9.95. The molecule has 0 unspecified atom stereocenters. The van der Waals surface area contributed by atoms with Crippen LogP contribution in [0.15, 0.2) is 92.3 Å². The second-order valence-electron chi connectivity index (χ2n) is 9.16. The van der Waals surface area contributed by atoms with Gasteiger partial charge in [0.05, 0.1) is 40.5 Å². The number of nitriles is 1. The zero-order valence-corrected chi connectivity index (χ0v) is 25.3. The summed E-state index contributed by atoms with van der Waals surface area (Å²) < 4.78 is 19.0. The number of amides is 1. The number of carbonyl (C=O) groups is 1. The number of benzene rings is 3. The van der Waals surface area contributed by atoms with Crippen molar-refractivity contribution < 1.29 is 19.0 Å². The summed E-state index contributed by atoms with van der Waals surface area (Å²) in [7, 11) is 3.06. The molecule has 11 heteroatoms. The average molecular weight is 646 g/mol. The minimum atomic E-state index is -0.745. The van der Waals surface area contributed by atoms with Gasteiger partial charge in [0.2, 0.25) is 0 Å². The van der Waals surface area contributed by atoms with Crippen LogP contribution < -0.4 is 34.4 Å². The van der Waals surface area contributed by atoms with Gasteiger partial charge in [-0.05, 0) is 76.5 Å². The molecule has 0 fully saturated rings. The molecule has 3 aromatic carbocycles. The average Bonchev–Trinajstić information content (AvgIpc) is 3.29. The molecule has 1 N–H and O–H groups in total. The molecule has 0 aliphatic carbocycles. The lowest BCUT2D eigenvalue weighted by molar-refractivity contribution is -0.113. The number of rotatable bonds is 8. The van der Waals surface area contributed by atoms with Crippen LogP contribution in [0.5, 0.6) is 17.2 Å². The number of hydrogen-bond acceptors (Lipinski definition) is 8. The standard InChI is InChI=1S/C31H25BrN4O5S/c1-18-26(29(37)35-21-9-5-4-6-10-21)27(20-8-7-11-22(17-20)39-2)36-30(38)25(42-31(36)34-18)16-19-14-23(32)28(41-13-12-33)24(15-19)40-3/h4-11,14-17,27H,13H2,1-3H3,(H,35,37)/b25-16-/t27-/m1/s1. The highest BCUT2D eigenvalue weighted by molar-refractivity contribution is 9.10. The summed E-state index contributed by atoms with van der Waals surface area (Å²) in [4.78, 5) is 32.9. The van der Waals surface area contributed by atoms with Crippen molar-refractivity contribution in [3.05, 3.63) is 113 Å². The molecule has 2 heterocycles. The maximum Gasteiger partial charge on any atom is 0.271 e. The molecule has 212 valence electrons. The Labute approximate surface area is 253 Å². The van der Waals surface area contributed by atoms with E-state index in [4.69, 9.17) is 24.5 Å². The number of halogens is 1. The number of fused-ring (bicyclic) bond motifs is 1. The smallest absolute Gasteiger partial charge is 0.271 e. The number of carbonyl (C=O) groups excluding carboxylic acids is 1. The van der Waals surface area contributed by atoms with E-state index in [9.17, 15) is 9.59 Å². The van der Waals surface area contributed by atoms with Gasteiger partial charge in [0, 0.05) is 5.69 Å². The largest absolute Gasteiger partial charge is 0.497 e. The number of allylic oxidation sites excluding steroid dienone is 1. The molecule has 42 heavy (non-hydrogen) atoms. The minimum Gasteiger partial charge on any atom is -0.497 e. The molecule has 9 nitrogen and oxygen atoms in total. The van der Waals surface area contributed by atoms with Crippen LogP contribution in [0.2, 0.25) is 0 Å². The van der Waals surface area contributed by atoms with E-state index in [1.54, 1.807) is 48.9 Å². The molecule has 1 aliphatic rings. The fourth-order valence-electron chi connectivity index (χ4n) is 4.68. The quantitative estimate of drug-likeness (QED) is 0.301. The van der Waals surface area contributed by atoms with Gasteiger partial charge >= 0.3 is 0 Å². The van der Waals surface area contributed by atoms with E-state index < -0.39 is 6.04 Å². The van der Waals surface area contributed by atoms with Gasteiger partial charge in [-0.25, -0.2) is 4.99 Å². The van der Waals surface area contributed by atoms with Gasteiger partial charge in [0.25, 0.3) is 11.5 Å². The number of nitrogens with one attached hydrogen (secondary N) is 1. The van der Waals surface area contributed by atoms with Crippen LogP contribution in [0, 0.1) is 11.3 Å². The second kappa shape index (κ2) is 12.5. The summed E-state index contributed by atoms with van der Waals surface area (Å²) in [6.07, 6.45) is 1.73. The van der Waals surface area contributed by atoms with Crippen molar-refractivity contribution in [1.82, 2.24) is 4.57 Å². The van der Waals surface area contributed by atoms with Crippen molar-refractivity contribution in [1.29, 1.82) is 5.26 Å². The molecule has 1 aliphatic heterocycles. The van der Waals surface area contributed by atoms with Gasteiger partial charge in [-0.15, -0.1) is 0 Å². The fourth-order valence-corrected chi connectivity index (χ4v) is 6.30. The highest BCUT2D eigenvalue weighted by Crippen LogP contribution is 2.37. The summed E-state index contributed by atoms with van der Waals surface area (Å²) in [5.41, 5.74) is 2.57. The molecular formula is C31H25BrN4O5S. The first-order valence-electron chi connectivity index (χ1n) is 12.7. The van der Waals surface area contributed by atoms with E-state index in [2.05, 4.69) is 21.2 Å². The second-order valence-corrected chi connectivity index (χ2v) is 11.0. The third-order valence-electron chi connectivity index (χ3n) is 6.54. The molecule has 1 aromatic heterocycles. The summed E-state index contributed by atoms with van der Waals surface area (Å²) in [6.45, 7) is 1.63. The van der Waals surface area contributed by atoms with Crippen molar-refractivity contribution >= 4 is 44.9 Å². The highest BCUT2D eigenvalue weighted by Gasteiger charge is 2.32. The maximum atomic E-state index is 14.0. The molecule has 1 amide bonds. The van der Waals surface area contributed by atoms with Crippen LogP contribution in [0.4, 0.5) is 5.69 Å². The Balaban J connectivity index is 1.66. The fraction of sp³-hybridized carbons (Fsp3) is 0.161. The van der Waals surface area contributed by atoms with E-state index in [1.165, 1.54) is 18.4 Å². The number of para-hydroxylation sites is 1. The zero-order valence-electron chi connectivity index (χ0n) is 22.9. The number of ether oxygens (including phenoxy) is 3. The highest BCUT2D eigenvalue weighted by atomic mass is 79.9. The van der Waals surface area contributed by atoms with Crippen LogP contribution >= 0.6 is 27.3 Å². The number of aromatic nitrogens is 1. The van der Waals surface area contributed by atoms with Crippen molar-refractivity contribution in [2.75, 3.05) is 26.1 Å². The third-order valence-corrected chi connectivity index (χ3v) is 8.11. The molecule has 0 saturated heterocycles. The number of anilines is 1. The Hall–Kier alpha value is -4.66. The molecule has 4 aromatic rings. The Bertz CT molecular complexity index is 1930. The molecule has 0 radical (unpaired) electrons. The van der Waals surface area contributed by atoms with Crippen LogP contribution in [0.25, 0.3) is 6.08 Å². The Kier molecular flexibility index (Phi) is 8.56. The third kappa shape index (κ3) is 5.72.